The smallest absolute Gasteiger partial charge is 0.251 e. The van der Waals surface area contributed by atoms with Gasteiger partial charge in [-0.05, 0) is 12.1 Å². The van der Waals surface area contributed by atoms with Crippen molar-refractivity contribution in [3.05, 3.63) is 71.8 Å². The lowest BCUT2D eigenvalue weighted by Gasteiger charge is -2.36. The first-order valence-corrected chi connectivity index (χ1v) is 9.05. The lowest BCUT2D eigenvalue weighted by Crippen LogP contribution is -3.17. The first kappa shape index (κ1) is 15.4. The van der Waals surface area contributed by atoms with Crippen LogP contribution in [0.2, 0.25) is 0 Å². The van der Waals surface area contributed by atoms with Gasteiger partial charge in [-0.1, -0.05) is 48.5 Å². The molecule has 2 aliphatic rings. The molecule has 1 amide bonds. The fraction of sp³-hybridized carbons (Fsp3) is 0.381. The van der Waals surface area contributed by atoms with Gasteiger partial charge in [-0.15, -0.1) is 0 Å². The summed E-state index contributed by atoms with van der Waals surface area (Å²) in [5.41, 5.74) is 2.19. The van der Waals surface area contributed by atoms with Crippen molar-refractivity contribution in [2.45, 2.75) is 50.4 Å². The Bertz CT molecular complexity index is 671. The number of rotatable bonds is 4. The van der Waals surface area contributed by atoms with Gasteiger partial charge in [0, 0.05) is 42.9 Å². The van der Waals surface area contributed by atoms with Gasteiger partial charge < -0.3 is 10.2 Å². The topological polar surface area (TPSA) is 33.5 Å². The minimum atomic E-state index is 0.0755. The van der Waals surface area contributed by atoms with Gasteiger partial charge in [-0.25, -0.2) is 0 Å². The zero-order valence-corrected chi connectivity index (χ0v) is 13.9. The summed E-state index contributed by atoms with van der Waals surface area (Å²) < 4.78 is 0. The Labute approximate surface area is 143 Å². The predicted octanol–water partition coefficient (Wildman–Crippen LogP) is 2.19. The molecule has 24 heavy (non-hydrogen) atoms. The van der Waals surface area contributed by atoms with Crippen LogP contribution in [0.15, 0.2) is 60.7 Å². The van der Waals surface area contributed by atoms with E-state index in [1.165, 1.54) is 18.4 Å². The predicted molar refractivity (Wildman–Crippen MR) is 94.8 cm³/mol. The average Bonchev–Trinajstić information content (AvgIpc) is 2.86. The third kappa shape index (κ3) is 3.22. The highest BCUT2D eigenvalue weighted by Crippen LogP contribution is 2.23. The highest BCUT2D eigenvalue weighted by molar-refractivity contribution is 5.94. The Morgan fingerprint density at radius 1 is 0.917 bits per heavy atom. The first-order chi connectivity index (χ1) is 11.8. The van der Waals surface area contributed by atoms with E-state index >= 15 is 0 Å². The van der Waals surface area contributed by atoms with Gasteiger partial charge in [0.1, 0.15) is 6.54 Å². The van der Waals surface area contributed by atoms with Crippen molar-refractivity contribution in [2.24, 2.45) is 0 Å². The second kappa shape index (κ2) is 6.78. The molecule has 2 aliphatic heterocycles. The molecule has 2 bridgehead atoms. The average molecular weight is 321 g/mol. The van der Waals surface area contributed by atoms with Crippen molar-refractivity contribution in [3.8, 4) is 0 Å². The summed E-state index contributed by atoms with van der Waals surface area (Å²) in [6.07, 6.45) is 4.81. The molecule has 3 heteroatoms. The van der Waals surface area contributed by atoms with E-state index < -0.39 is 0 Å². The Hall–Kier alpha value is -2.13. The fourth-order valence-electron chi connectivity index (χ4n) is 4.52. The monoisotopic (exact) mass is 321 g/mol. The molecule has 4 rings (SSSR count). The molecule has 2 fully saturated rings. The quantitative estimate of drug-likeness (QED) is 0.889. The summed E-state index contributed by atoms with van der Waals surface area (Å²) in [6.45, 7) is 1.12. The third-order valence-corrected chi connectivity index (χ3v) is 5.67. The van der Waals surface area contributed by atoms with E-state index in [0.717, 1.165) is 24.9 Å². The van der Waals surface area contributed by atoms with Gasteiger partial charge in [-0.3, -0.25) is 4.79 Å². The van der Waals surface area contributed by atoms with Crippen LogP contribution in [0.1, 0.15) is 41.6 Å². The molecule has 2 saturated heterocycles. The molecule has 0 saturated carbocycles. The van der Waals surface area contributed by atoms with Crippen LogP contribution >= 0.6 is 0 Å². The fourth-order valence-corrected chi connectivity index (χ4v) is 4.52. The van der Waals surface area contributed by atoms with E-state index in [4.69, 9.17) is 0 Å². The van der Waals surface area contributed by atoms with Gasteiger partial charge in [0.25, 0.3) is 5.91 Å². The van der Waals surface area contributed by atoms with Crippen LogP contribution in [0, 0.1) is 0 Å². The van der Waals surface area contributed by atoms with Crippen molar-refractivity contribution < 1.29 is 9.69 Å². The molecule has 2 heterocycles. The number of hydrogen-bond donors (Lipinski definition) is 2. The van der Waals surface area contributed by atoms with Gasteiger partial charge in [0.05, 0.1) is 12.1 Å². The van der Waals surface area contributed by atoms with Crippen molar-refractivity contribution in [2.75, 3.05) is 0 Å². The van der Waals surface area contributed by atoms with Crippen LogP contribution in [0.5, 0.6) is 0 Å². The molecule has 2 unspecified atom stereocenters. The van der Waals surface area contributed by atoms with Crippen LogP contribution in [0.4, 0.5) is 0 Å². The number of nitrogens with one attached hydrogen (secondary N) is 2. The minimum absolute atomic E-state index is 0.0755. The molecule has 124 valence electrons. The maximum absolute atomic E-state index is 12.4. The molecular weight excluding hydrogens is 296 g/mol. The largest absolute Gasteiger partial charge is 0.349 e. The number of benzene rings is 2. The Morgan fingerprint density at radius 3 is 2.12 bits per heavy atom. The molecule has 2 aromatic rings. The first-order valence-electron chi connectivity index (χ1n) is 9.05. The van der Waals surface area contributed by atoms with E-state index in [-0.39, 0.29) is 5.91 Å². The number of carbonyl (C=O) groups is 1. The lowest BCUT2D eigenvalue weighted by molar-refractivity contribution is -0.954. The number of hydrogen-bond acceptors (Lipinski definition) is 1. The maximum Gasteiger partial charge on any atom is 0.251 e. The van der Waals surface area contributed by atoms with Gasteiger partial charge in [0.15, 0.2) is 0 Å². The van der Waals surface area contributed by atoms with E-state index in [1.807, 2.05) is 30.3 Å². The number of quaternary nitrogens is 1. The van der Waals surface area contributed by atoms with E-state index in [0.29, 0.717) is 18.1 Å². The van der Waals surface area contributed by atoms with E-state index in [9.17, 15) is 4.79 Å². The highest BCUT2D eigenvalue weighted by atomic mass is 16.1. The van der Waals surface area contributed by atoms with Crippen molar-refractivity contribution >= 4 is 5.91 Å². The van der Waals surface area contributed by atoms with Crippen molar-refractivity contribution in [1.29, 1.82) is 0 Å². The number of fused-ring (bicyclic) bond motifs is 2. The van der Waals surface area contributed by atoms with Crippen LogP contribution < -0.4 is 10.2 Å². The molecule has 0 aliphatic carbocycles. The Kier molecular flexibility index (Phi) is 4.35. The standard InChI is InChI=1S/C21H24N2O/c24-21(17-9-5-2-6-10-17)22-18-13-19-11-12-20(14-18)23(19)15-16-7-3-1-4-8-16/h1-10,18-20H,11-15H2,(H,22,24)/p+1/t18?,19-,20+. The van der Waals surface area contributed by atoms with Crippen molar-refractivity contribution in [3.63, 3.8) is 0 Å². The highest BCUT2D eigenvalue weighted by Gasteiger charge is 2.44. The minimum Gasteiger partial charge on any atom is -0.349 e. The zero-order chi connectivity index (χ0) is 16.4. The summed E-state index contributed by atoms with van der Waals surface area (Å²) >= 11 is 0. The molecule has 2 N–H and O–H groups in total. The zero-order valence-electron chi connectivity index (χ0n) is 13.9. The van der Waals surface area contributed by atoms with Gasteiger partial charge in [0.2, 0.25) is 0 Å². The molecule has 0 spiro atoms. The van der Waals surface area contributed by atoms with E-state index in [1.54, 1.807) is 4.90 Å². The molecule has 0 aromatic heterocycles. The summed E-state index contributed by atoms with van der Waals surface area (Å²) in [7, 11) is 0. The van der Waals surface area contributed by atoms with Crippen LogP contribution in [-0.4, -0.2) is 24.0 Å². The number of carbonyl (C=O) groups excluding carboxylic acids is 1. The molecule has 3 nitrogen and oxygen atoms in total. The number of amides is 1. The summed E-state index contributed by atoms with van der Waals surface area (Å²) in [5, 5.41) is 3.27. The van der Waals surface area contributed by atoms with Crippen LogP contribution in [0.3, 0.4) is 0 Å². The van der Waals surface area contributed by atoms with Gasteiger partial charge in [-0.2, -0.15) is 0 Å². The molecular formula is C21H25N2O+. The molecule has 0 radical (unpaired) electrons. The Morgan fingerprint density at radius 2 is 1.50 bits per heavy atom. The van der Waals surface area contributed by atoms with Gasteiger partial charge >= 0.3 is 0 Å². The number of piperidine rings is 1. The third-order valence-electron chi connectivity index (χ3n) is 5.67. The summed E-state index contributed by atoms with van der Waals surface area (Å²) in [5.74, 6) is 0.0755. The lowest BCUT2D eigenvalue weighted by atomic mass is 9.96. The normalized spacial score (nSPS) is 28.5. The summed E-state index contributed by atoms with van der Waals surface area (Å²) in [4.78, 5) is 14.1. The molecule has 4 atom stereocenters. The van der Waals surface area contributed by atoms with Crippen molar-refractivity contribution in [1.82, 2.24) is 5.32 Å². The second-order valence-electron chi connectivity index (χ2n) is 7.22. The SMILES string of the molecule is O=C(NC1C[C@H]2CC[C@@H](C1)[NH+]2Cc1ccccc1)c1ccccc1. The molecule has 2 aromatic carbocycles. The Balaban J connectivity index is 1.38. The maximum atomic E-state index is 12.4. The van der Waals surface area contributed by atoms with Crippen LogP contribution in [0.25, 0.3) is 0 Å². The second-order valence-corrected chi connectivity index (χ2v) is 7.22. The van der Waals surface area contributed by atoms with Crippen LogP contribution in [-0.2, 0) is 6.54 Å². The summed E-state index contributed by atoms with van der Waals surface area (Å²) in [6, 6.07) is 22.1. The van der Waals surface area contributed by atoms with E-state index in [2.05, 4.69) is 35.6 Å².